The van der Waals surface area contributed by atoms with E-state index >= 15 is 0 Å². The summed E-state index contributed by atoms with van der Waals surface area (Å²) >= 11 is 0. The molecule has 1 fully saturated rings. The van der Waals surface area contributed by atoms with Crippen LogP contribution in [0.1, 0.15) is 45.9 Å². The summed E-state index contributed by atoms with van der Waals surface area (Å²) in [7, 11) is 3.05. The number of para-hydroxylation sites is 1. The Morgan fingerprint density at radius 1 is 1.13 bits per heavy atom. The van der Waals surface area contributed by atoms with Crippen LogP contribution in [0.15, 0.2) is 53.1 Å². The van der Waals surface area contributed by atoms with E-state index in [0.29, 0.717) is 36.8 Å². The summed E-state index contributed by atoms with van der Waals surface area (Å²) in [6.07, 6.45) is -1.33. The van der Waals surface area contributed by atoms with Crippen molar-refractivity contribution in [2.45, 2.75) is 44.8 Å². The molecule has 0 saturated carbocycles. The third-order valence-corrected chi connectivity index (χ3v) is 6.20. The summed E-state index contributed by atoms with van der Waals surface area (Å²) in [5.74, 6) is 0.923. The molecule has 1 aliphatic heterocycles. The molecule has 0 aliphatic carbocycles. The normalized spacial score (nSPS) is 15.6. The second-order valence-electron chi connectivity index (χ2n) is 8.97. The summed E-state index contributed by atoms with van der Waals surface area (Å²) in [6, 6.07) is 10.6. The lowest BCUT2D eigenvalue weighted by Crippen LogP contribution is -2.32. The Morgan fingerprint density at radius 2 is 1.95 bits per heavy atom. The average molecular weight is 534 g/mol. The fourth-order valence-corrected chi connectivity index (χ4v) is 4.37. The maximum Gasteiger partial charge on any atom is 0.416 e. The Kier molecular flexibility index (Phi) is 8.90. The maximum atomic E-state index is 13.3. The number of oxazole rings is 1. The highest BCUT2D eigenvalue weighted by Gasteiger charge is 2.30. The van der Waals surface area contributed by atoms with E-state index in [0.717, 1.165) is 30.5 Å². The molecule has 1 atom stereocenters. The number of amides is 1. The van der Waals surface area contributed by atoms with Gasteiger partial charge in [0.05, 0.1) is 32.4 Å². The summed E-state index contributed by atoms with van der Waals surface area (Å²) in [5.41, 5.74) is 0.619. The minimum atomic E-state index is -4.45. The van der Waals surface area contributed by atoms with Gasteiger partial charge in [-0.05, 0) is 30.5 Å². The van der Waals surface area contributed by atoms with Crippen molar-refractivity contribution in [3.63, 3.8) is 0 Å². The Hall–Kier alpha value is -3.57. The molecular formula is C27H30F3N3O5. The first-order valence-electron chi connectivity index (χ1n) is 12.2. The summed E-state index contributed by atoms with van der Waals surface area (Å²) in [4.78, 5) is 18.7. The van der Waals surface area contributed by atoms with Crippen molar-refractivity contribution in [2.24, 2.45) is 0 Å². The minimum absolute atomic E-state index is 0.00822. The van der Waals surface area contributed by atoms with Gasteiger partial charge >= 0.3 is 6.18 Å². The van der Waals surface area contributed by atoms with Gasteiger partial charge in [-0.3, -0.25) is 9.69 Å². The first-order valence-corrected chi connectivity index (χ1v) is 12.2. The van der Waals surface area contributed by atoms with Gasteiger partial charge in [0.25, 0.3) is 5.91 Å². The zero-order chi connectivity index (χ0) is 27.1. The number of rotatable bonds is 11. The smallest absolute Gasteiger partial charge is 0.416 e. The van der Waals surface area contributed by atoms with Gasteiger partial charge in [-0.1, -0.05) is 30.3 Å². The minimum Gasteiger partial charge on any atom is -0.493 e. The van der Waals surface area contributed by atoms with Crippen molar-refractivity contribution in [2.75, 3.05) is 27.4 Å². The van der Waals surface area contributed by atoms with Crippen LogP contribution in [-0.4, -0.2) is 49.3 Å². The first-order chi connectivity index (χ1) is 18.3. The number of methoxy groups -OCH3 is 2. The van der Waals surface area contributed by atoms with Crippen LogP contribution in [0, 0.1) is 0 Å². The molecule has 3 aromatic rings. The predicted octanol–water partition coefficient (Wildman–Crippen LogP) is 4.82. The van der Waals surface area contributed by atoms with Crippen LogP contribution in [0.5, 0.6) is 11.5 Å². The molecule has 4 rings (SSSR count). The van der Waals surface area contributed by atoms with E-state index in [-0.39, 0.29) is 36.7 Å². The molecule has 1 amide bonds. The standard InChI is InChI=1S/C27H30F3N3O5/c1-35-23-10-4-7-19(25(23)36-2)15-33(14-18-6-3-8-20(12-18)27(28,29)30)16-24-32-22(17-38-24)26(34)31-13-21-9-5-11-37-21/h3-4,6-8,10,12,17,21H,5,9,11,13-16H2,1-2H3,(H,31,34). The molecule has 1 N–H and O–H groups in total. The van der Waals surface area contributed by atoms with Crippen LogP contribution in [0.3, 0.4) is 0 Å². The lowest BCUT2D eigenvalue weighted by molar-refractivity contribution is -0.137. The predicted molar refractivity (Wildman–Crippen MR) is 132 cm³/mol. The van der Waals surface area contributed by atoms with Crippen molar-refractivity contribution in [3.8, 4) is 11.5 Å². The monoisotopic (exact) mass is 533 g/mol. The SMILES string of the molecule is COc1cccc(CN(Cc2cccc(C(F)(F)F)c2)Cc2nc(C(=O)NCC3CCCO3)co2)c1OC. The van der Waals surface area contributed by atoms with E-state index in [2.05, 4.69) is 10.3 Å². The molecule has 2 aromatic carbocycles. The van der Waals surface area contributed by atoms with Crippen molar-refractivity contribution in [3.05, 3.63) is 77.0 Å². The van der Waals surface area contributed by atoms with Crippen LogP contribution in [0.4, 0.5) is 13.2 Å². The van der Waals surface area contributed by atoms with Gasteiger partial charge in [-0.15, -0.1) is 0 Å². The third-order valence-electron chi connectivity index (χ3n) is 6.20. The van der Waals surface area contributed by atoms with Crippen LogP contribution in [-0.2, 0) is 30.5 Å². The number of alkyl halides is 3. The Balaban J connectivity index is 1.53. The maximum absolute atomic E-state index is 13.3. The van der Waals surface area contributed by atoms with Gasteiger partial charge in [-0.2, -0.15) is 13.2 Å². The molecule has 8 nitrogen and oxygen atoms in total. The zero-order valence-electron chi connectivity index (χ0n) is 21.2. The van der Waals surface area contributed by atoms with E-state index in [1.165, 1.54) is 26.5 Å². The molecule has 204 valence electrons. The molecule has 1 aliphatic rings. The van der Waals surface area contributed by atoms with Crippen LogP contribution in [0.25, 0.3) is 0 Å². The van der Waals surface area contributed by atoms with E-state index in [9.17, 15) is 18.0 Å². The highest BCUT2D eigenvalue weighted by molar-refractivity contribution is 5.91. The van der Waals surface area contributed by atoms with Gasteiger partial charge in [0.1, 0.15) is 6.26 Å². The Labute approximate surface area is 218 Å². The van der Waals surface area contributed by atoms with Gasteiger partial charge < -0.3 is 23.9 Å². The number of carbonyl (C=O) groups is 1. The molecule has 0 radical (unpaired) electrons. The lowest BCUT2D eigenvalue weighted by atomic mass is 10.1. The zero-order valence-corrected chi connectivity index (χ0v) is 21.2. The quantitative estimate of drug-likeness (QED) is 0.378. The number of nitrogens with zero attached hydrogens (tertiary/aromatic N) is 2. The molecule has 0 spiro atoms. The fourth-order valence-electron chi connectivity index (χ4n) is 4.37. The first kappa shape index (κ1) is 27.5. The average Bonchev–Trinajstić information content (AvgIpc) is 3.59. The molecule has 2 heterocycles. The molecular weight excluding hydrogens is 503 g/mol. The van der Waals surface area contributed by atoms with E-state index in [1.54, 1.807) is 18.2 Å². The largest absolute Gasteiger partial charge is 0.493 e. The van der Waals surface area contributed by atoms with Crippen molar-refractivity contribution < 1.29 is 36.6 Å². The van der Waals surface area contributed by atoms with Gasteiger partial charge in [-0.25, -0.2) is 4.98 Å². The molecule has 1 unspecified atom stereocenters. The number of benzene rings is 2. The number of carbonyl (C=O) groups excluding carboxylic acids is 1. The van der Waals surface area contributed by atoms with Gasteiger partial charge in [0.15, 0.2) is 17.2 Å². The van der Waals surface area contributed by atoms with Crippen molar-refractivity contribution in [1.82, 2.24) is 15.2 Å². The Bertz CT molecular complexity index is 1220. The Morgan fingerprint density at radius 3 is 2.66 bits per heavy atom. The topological polar surface area (TPSA) is 86.1 Å². The summed E-state index contributed by atoms with van der Waals surface area (Å²) in [6.45, 7) is 1.66. The van der Waals surface area contributed by atoms with E-state index in [1.807, 2.05) is 11.0 Å². The highest BCUT2D eigenvalue weighted by atomic mass is 19.4. The van der Waals surface area contributed by atoms with Gasteiger partial charge in [0, 0.05) is 31.8 Å². The molecule has 38 heavy (non-hydrogen) atoms. The number of hydrogen-bond acceptors (Lipinski definition) is 7. The van der Waals surface area contributed by atoms with Crippen molar-refractivity contribution >= 4 is 5.91 Å². The van der Waals surface area contributed by atoms with E-state index < -0.39 is 11.7 Å². The highest BCUT2D eigenvalue weighted by Crippen LogP contribution is 2.33. The second-order valence-corrected chi connectivity index (χ2v) is 8.97. The number of nitrogens with one attached hydrogen (secondary N) is 1. The summed E-state index contributed by atoms with van der Waals surface area (Å²) in [5, 5.41) is 2.80. The fraction of sp³-hybridized carbons (Fsp3) is 0.407. The van der Waals surface area contributed by atoms with Crippen LogP contribution < -0.4 is 14.8 Å². The van der Waals surface area contributed by atoms with Gasteiger partial charge in [0.2, 0.25) is 5.89 Å². The molecule has 1 saturated heterocycles. The molecule has 11 heteroatoms. The van der Waals surface area contributed by atoms with Crippen LogP contribution >= 0.6 is 0 Å². The molecule has 1 aromatic heterocycles. The number of hydrogen-bond donors (Lipinski definition) is 1. The van der Waals surface area contributed by atoms with E-state index in [4.69, 9.17) is 18.6 Å². The lowest BCUT2D eigenvalue weighted by Gasteiger charge is -2.23. The summed E-state index contributed by atoms with van der Waals surface area (Å²) < 4.78 is 61.9. The number of ether oxygens (including phenoxy) is 3. The third kappa shape index (κ3) is 7.05. The number of halogens is 3. The molecule has 0 bridgehead atoms. The number of aromatic nitrogens is 1. The second kappa shape index (κ2) is 12.3. The van der Waals surface area contributed by atoms with Crippen molar-refractivity contribution in [1.29, 1.82) is 0 Å². The van der Waals surface area contributed by atoms with Crippen LogP contribution in [0.2, 0.25) is 0 Å².